The Bertz CT molecular complexity index is 635. The zero-order chi connectivity index (χ0) is 15.9. The monoisotopic (exact) mass is 306 g/mol. The third-order valence-electron chi connectivity index (χ3n) is 3.02. The molecule has 0 saturated heterocycles. The number of nitrogens with one attached hydrogen (secondary N) is 1. The molecule has 1 amide bonds. The SMILES string of the molecule is NC(=O)[C@@H](NCCOc1ccc(F)cc1F)c1ccccc1. The zero-order valence-corrected chi connectivity index (χ0v) is 11.8. The Morgan fingerprint density at radius 2 is 1.91 bits per heavy atom. The second-order valence-electron chi connectivity index (χ2n) is 4.62. The second kappa shape index (κ2) is 7.51. The maximum atomic E-state index is 13.4. The summed E-state index contributed by atoms with van der Waals surface area (Å²) in [6.45, 7) is 0.387. The normalized spacial score (nSPS) is 11.9. The van der Waals surface area contributed by atoms with E-state index in [-0.39, 0.29) is 18.9 Å². The minimum atomic E-state index is -0.769. The number of hydrogen-bond acceptors (Lipinski definition) is 3. The molecule has 0 unspecified atom stereocenters. The van der Waals surface area contributed by atoms with Gasteiger partial charge in [0, 0.05) is 12.6 Å². The highest BCUT2D eigenvalue weighted by atomic mass is 19.1. The molecule has 1 atom stereocenters. The Morgan fingerprint density at radius 3 is 2.55 bits per heavy atom. The molecule has 4 nitrogen and oxygen atoms in total. The summed E-state index contributed by atoms with van der Waals surface area (Å²) in [7, 11) is 0. The van der Waals surface area contributed by atoms with Crippen molar-refractivity contribution in [2.45, 2.75) is 6.04 Å². The van der Waals surface area contributed by atoms with E-state index in [0.717, 1.165) is 17.7 Å². The molecule has 6 heteroatoms. The third-order valence-corrected chi connectivity index (χ3v) is 3.02. The van der Waals surface area contributed by atoms with Crippen molar-refractivity contribution in [3.63, 3.8) is 0 Å². The van der Waals surface area contributed by atoms with Crippen molar-refractivity contribution in [2.24, 2.45) is 5.73 Å². The third kappa shape index (κ3) is 4.26. The van der Waals surface area contributed by atoms with Crippen LogP contribution in [0.25, 0.3) is 0 Å². The average molecular weight is 306 g/mol. The van der Waals surface area contributed by atoms with Crippen LogP contribution in [-0.2, 0) is 4.79 Å². The van der Waals surface area contributed by atoms with Crippen LogP contribution in [0.3, 0.4) is 0 Å². The minimum Gasteiger partial charge on any atom is -0.489 e. The van der Waals surface area contributed by atoms with Crippen molar-refractivity contribution in [1.29, 1.82) is 0 Å². The van der Waals surface area contributed by atoms with Crippen molar-refractivity contribution in [2.75, 3.05) is 13.2 Å². The highest BCUT2D eigenvalue weighted by Gasteiger charge is 2.16. The Morgan fingerprint density at radius 1 is 1.18 bits per heavy atom. The predicted molar refractivity (Wildman–Crippen MR) is 78.2 cm³/mol. The lowest BCUT2D eigenvalue weighted by atomic mass is 10.1. The van der Waals surface area contributed by atoms with E-state index in [1.165, 1.54) is 6.07 Å². The molecule has 0 spiro atoms. The molecule has 22 heavy (non-hydrogen) atoms. The van der Waals surface area contributed by atoms with E-state index in [9.17, 15) is 13.6 Å². The number of carbonyl (C=O) groups is 1. The van der Waals surface area contributed by atoms with Crippen LogP contribution in [0, 0.1) is 11.6 Å². The first-order valence-electron chi connectivity index (χ1n) is 6.73. The molecule has 0 aromatic heterocycles. The van der Waals surface area contributed by atoms with Gasteiger partial charge in [0.05, 0.1) is 0 Å². The van der Waals surface area contributed by atoms with Crippen LogP contribution in [0.5, 0.6) is 5.75 Å². The Hall–Kier alpha value is -2.47. The summed E-state index contributed by atoms with van der Waals surface area (Å²) >= 11 is 0. The van der Waals surface area contributed by atoms with Gasteiger partial charge in [-0.2, -0.15) is 0 Å². The van der Waals surface area contributed by atoms with Gasteiger partial charge < -0.3 is 10.5 Å². The smallest absolute Gasteiger partial charge is 0.239 e. The van der Waals surface area contributed by atoms with E-state index in [4.69, 9.17) is 10.5 Å². The van der Waals surface area contributed by atoms with Crippen molar-refractivity contribution >= 4 is 5.91 Å². The van der Waals surface area contributed by atoms with Gasteiger partial charge in [-0.15, -0.1) is 0 Å². The fourth-order valence-corrected chi connectivity index (χ4v) is 1.98. The Balaban J connectivity index is 1.87. The van der Waals surface area contributed by atoms with Crippen LogP contribution < -0.4 is 15.8 Å². The van der Waals surface area contributed by atoms with E-state index in [1.54, 1.807) is 24.3 Å². The fourth-order valence-electron chi connectivity index (χ4n) is 1.98. The summed E-state index contributed by atoms with van der Waals surface area (Å²) < 4.78 is 31.3. The highest BCUT2D eigenvalue weighted by molar-refractivity contribution is 5.81. The van der Waals surface area contributed by atoms with Crippen LogP contribution in [0.4, 0.5) is 8.78 Å². The maximum Gasteiger partial charge on any atom is 0.239 e. The standard InChI is InChI=1S/C16H16F2N2O2/c17-12-6-7-14(13(18)10-12)22-9-8-20-15(16(19)21)11-4-2-1-3-5-11/h1-7,10,15,20H,8-9H2,(H2,19,21)/t15-/m0/s1. The summed E-state index contributed by atoms with van der Waals surface area (Å²) in [5, 5.41) is 2.94. The van der Waals surface area contributed by atoms with Gasteiger partial charge in [0.15, 0.2) is 11.6 Å². The number of halogens is 2. The van der Waals surface area contributed by atoms with E-state index < -0.39 is 23.6 Å². The van der Waals surface area contributed by atoms with Crippen LogP contribution in [0.2, 0.25) is 0 Å². The summed E-state index contributed by atoms with van der Waals surface area (Å²) in [5.74, 6) is -1.99. The quantitative estimate of drug-likeness (QED) is 0.771. The molecule has 116 valence electrons. The Kier molecular flexibility index (Phi) is 5.43. The van der Waals surface area contributed by atoms with E-state index >= 15 is 0 Å². The van der Waals surface area contributed by atoms with Crippen LogP contribution in [-0.4, -0.2) is 19.1 Å². The second-order valence-corrected chi connectivity index (χ2v) is 4.62. The van der Waals surface area contributed by atoms with Gasteiger partial charge in [0.2, 0.25) is 5.91 Å². The van der Waals surface area contributed by atoms with Crippen molar-refractivity contribution < 1.29 is 18.3 Å². The molecule has 2 aromatic carbocycles. The van der Waals surface area contributed by atoms with Crippen molar-refractivity contribution in [1.82, 2.24) is 5.32 Å². The number of hydrogen-bond donors (Lipinski definition) is 2. The topological polar surface area (TPSA) is 64.4 Å². The molecule has 0 aliphatic carbocycles. The first kappa shape index (κ1) is 15.9. The fraction of sp³-hybridized carbons (Fsp3) is 0.188. The van der Waals surface area contributed by atoms with Crippen molar-refractivity contribution in [3.05, 3.63) is 65.7 Å². The number of primary amides is 1. The zero-order valence-electron chi connectivity index (χ0n) is 11.8. The maximum absolute atomic E-state index is 13.4. The summed E-state index contributed by atoms with van der Waals surface area (Å²) in [6, 6.07) is 11.4. The van der Waals surface area contributed by atoms with Gasteiger partial charge in [-0.1, -0.05) is 30.3 Å². The first-order chi connectivity index (χ1) is 10.6. The van der Waals surface area contributed by atoms with Gasteiger partial charge in [-0.25, -0.2) is 8.78 Å². The molecular weight excluding hydrogens is 290 g/mol. The number of ether oxygens (including phenoxy) is 1. The lowest BCUT2D eigenvalue weighted by molar-refractivity contribution is -0.120. The van der Waals surface area contributed by atoms with Gasteiger partial charge in [0.1, 0.15) is 18.5 Å². The number of nitrogens with two attached hydrogens (primary N) is 1. The molecule has 0 radical (unpaired) electrons. The molecule has 3 N–H and O–H groups in total. The molecular formula is C16H16F2N2O2. The lowest BCUT2D eigenvalue weighted by Crippen LogP contribution is -2.35. The number of rotatable bonds is 7. The van der Waals surface area contributed by atoms with Crippen molar-refractivity contribution in [3.8, 4) is 5.75 Å². The minimum absolute atomic E-state index is 0.0430. The lowest BCUT2D eigenvalue weighted by Gasteiger charge is -2.16. The van der Waals surface area contributed by atoms with Crippen LogP contribution >= 0.6 is 0 Å². The number of carbonyl (C=O) groups excluding carboxylic acids is 1. The average Bonchev–Trinajstić information content (AvgIpc) is 2.49. The van der Waals surface area contributed by atoms with E-state index in [0.29, 0.717) is 0 Å². The molecule has 0 fully saturated rings. The van der Waals surface area contributed by atoms with E-state index in [2.05, 4.69) is 5.32 Å². The van der Waals surface area contributed by atoms with Gasteiger partial charge >= 0.3 is 0 Å². The molecule has 0 bridgehead atoms. The molecule has 2 rings (SSSR count). The predicted octanol–water partition coefficient (Wildman–Crippen LogP) is 2.16. The molecule has 0 aliphatic rings. The van der Waals surface area contributed by atoms with Gasteiger partial charge in [-0.05, 0) is 17.7 Å². The number of benzene rings is 2. The summed E-state index contributed by atoms with van der Waals surface area (Å²) in [5.41, 5.74) is 6.10. The summed E-state index contributed by atoms with van der Waals surface area (Å²) in [6.07, 6.45) is 0. The summed E-state index contributed by atoms with van der Waals surface area (Å²) in [4.78, 5) is 11.5. The van der Waals surface area contributed by atoms with Crippen LogP contribution in [0.15, 0.2) is 48.5 Å². The molecule has 0 saturated carbocycles. The van der Waals surface area contributed by atoms with Gasteiger partial charge in [-0.3, -0.25) is 10.1 Å². The largest absolute Gasteiger partial charge is 0.489 e. The van der Waals surface area contributed by atoms with Crippen LogP contribution in [0.1, 0.15) is 11.6 Å². The highest BCUT2D eigenvalue weighted by Crippen LogP contribution is 2.17. The molecule has 0 aliphatic heterocycles. The first-order valence-corrected chi connectivity index (χ1v) is 6.73. The van der Waals surface area contributed by atoms with Gasteiger partial charge in [0.25, 0.3) is 0 Å². The van der Waals surface area contributed by atoms with E-state index in [1.807, 2.05) is 6.07 Å². The number of amides is 1. The molecule has 0 heterocycles. The molecule has 2 aromatic rings. The Labute approximate surface area is 126 Å².